The number of halogens is 1. The van der Waals surface area contributed by atoms with Gasteiger partial charge in [-0.2, -0.15) is 0 Å². The van der Waals surface area contributed by atoms with E-state index in [1.807, 2.05) is 30.1 Å². The molecule has 0 fully saturated rings. The first kappa shape index (κ1) is 18.2. The van der Waals surface area contributed by atoms with E-state index >= 15 is 0 Å². The van der Waals surface area contributed by atoms with E-state index in [0.717, 1.165) is 17.8 Å². The summed E-state index contributed by atoms with van der Waals surface area (Å²) in [7, 11) is 0.544. The van der Waals surface area contributed by atoms with Gasteiger partial charge in [-0.05, 0) is 12.1 Å². The van der Waals surface area contributed by atoms with Crippen LogP contribution in [0.25, 0.3) is 0 Å². The molecule has 7 heteroatoms. The van der Waals surface area contributed by atoms with Gasteiger partial charge < -0.3 is 15.0 Å². The first-order chi connectivity index (χ1) is 9.85. The average Bonchev–Trinajstić information content (AvgIpc) is 2.41. The van der Waals surface area contributed by atoms with Crippen LogP contribution in [0.3, 0.4) is 0 Å². The highest BCUT2D eigenvalue weighted by Crippen LogP contribution is 2.26. The molecule has 0 atom stereocenters. The SMILES string of the molecule is COCCNCc1c(Cl)cccc1N(C)CCS(C)(=O)=O. The Balaban J connectivity index is 2.78. The number of anilines is 1. The van der Waals surface area contributed by atoms with Gasteiger partial charge in [0.05, 0.1) is 12.4 Å². The second-order valence-electron chi connectivity index (χ2n) is 4.96. The average molecular weight is 335 g/mol. The van der Waals surface area contributed by atoms with Crippen molar-refractivity contribution in [2.75, 3.05) is 50.8 Å². The van der Waals surface area contributed by atoms with Gasteiger partial charge in [0.1, 0.15) is 9.84 Å². The molecular weight excluding hydrogens is 312 g/mol. The van der Waals surface area contributed by atoms with Crippen molar-refractivity contribution >= 4 is 27.1 Å². The summed E-state index contributed by atoms with van der Waals surface area (Å²) in [6.07, 6.45) is 1.24. The minimum absolute atomic E-state index is 0.118. The maximum Gasteiger partial charge on any atom is 0.149 e. The zero-order chi connectivity index (χ0) is 15.9. The van der Waals surface area contributed by atoms with E-state index in [1.165, 1.54) is 6.26 Å². The molecule has 5 nitrogen and oxygen atoms in total. The molecule has 1 rings (SSSR count). The number of benzene rings is 1. The fourth-order valence-corrected chi connectivity index (χ4v) is 2.73. The number of hydrogen-bond acceptors (Lipinski definition) is 5. The molecule has 0 heterocycles. The molecule has 0 unspecified atom stereocenters. The molecule has 0 bridgehead atoms. The van der Waals surface area contributed by atoms with Crippen molar-refractivity contribution in [2.24, 2.45) is 0 Å². The number of ether oxygens (including phenoxy) is 1. The van der Waals surface area contributed by atoms with Crippen LogP contribution in [0.15, 0.2) is 18.2 Å². The standard InChI is InChI=1S/C14H23ClN2O3S/c1-17(8-10-21(3,18)19)14-6-4-5-13(15)12(14)11-16-7-9-20-2/h4-6,16H,7-11H2,1-3H3. The first-order valence-corrected chi connectivity index (χ1v) is 9.15. The Morgan fingerprint density at radius 1 is 1.38 bits per heavy atom. The molecule has 0 aliphatic rings. The van der Waals surface area contributed by atoms with Crippen molar-refractivity contribution in [2.45, 2.75) is 6.54 Å². The maximum absolute atomic E-state index is 11.3. The molecule has 0 spiro atoms. The third kappa shape index (κ3) is 6.65. The molecule has 1 N–H and O–H groups in total. The fourth-order valence-electron chi connectivity index (χ4n) is 1.89. The predicted molar refractivity (Wildman–Crippen MR) is 88.0 cm³/mol. The van der Waals surface area contributed by atoms with Crippen LogP contribution in [0.5, 0.6) is 0 Å². The Morgan fingerprint density at radius 3 is 2.71 bits per heavy atom. The Morgan fingerprint density at radius 2 is 2.10 bits per heavy atom. The van der Waals surface area contributed by atoms with Gasteiger partial charge in [0.15, 0.2) is 0 Å². The molecule has 0 aliphatic heterocycles. The van der Waals surface area contributed by atoms with Crippen LogP contribution in [-0.2, 0) is 21.1 Å². The molecule has 1 aromatic carbocycles. The highest BCUT2D eigenvalue weighted by molar-refractivity contribution is 7.90. The lowest BCUT2D eigenvalue weighted by molar-refractivity contribution is 0.199. The van der Waals surface area contributed by atoms with E-state index in [-0.39, 0.29) is 5.75 Å². The molecule has 1 aromatic rings. The monoisotopic (exact) mass is 334 g/mol. The summed E-state index contributed by atoms with van der Waals surface area (Å²) in [6, 6.07) is 5.65. The highest BCUT2D eigenvalue weighted by atomic mass is 35.5. The van der Waals surface area contributed by atoms with E-state index in [4.69, 9.17) is 16.3 Å². The van der Waals surface area contributed by atoms with E-state index in [0.29, 0.717) is 24.7 Å². The number of sulfone groups is 1. The van der Waals surface area contributed by atoms with Gasteiger partial charge in [0.2, 0.25) is 0 Å². The summed E-state index contributed by atoms with van der Waals surface area (Å²) in [5, 5.41) is 3.93. The summed E-state index contributed by atoms with van der Waals surface area (Å²) < 4.78 is 27.6. The molecule has 0 aromatic heterocycles. The maximum atomic E-state index is 11.3. The van der Waals surface area contributed by atoms with Gasteiger partial charge >= 0.3 is 0 Å². The lowest BCUT2D eigenvalue weighted by Crippen LogP contribution is -2.27. The second kappa shape index (κ2) is 8.58. The molecule has 0 aliphatic carbocycles. The first-order valence-electron chi connectivity index (χ1n) is 6.71. The van der Waals surface area contributed by atoms with Crippen molar-refractivity contribution in [3.63, 3.8) is 0 Å². The normalized spacial score (nSPS) is 11.6. The summed E-state index contributed by atoms with van der Waals surface area (Å²) in [6.45, 7) is 2.41. The molecule has 0 saturated heterocycles. The molecular formula is C14H23ClN2O3S. The molecule has 0 amide bonds. The zero-order valence-electron chi connectivity index (χ0n) is 12.7. The largest absolute Gasteiger partial charge is 0.383 e. The van der Waals surface area contributed by atoms with E-state index in [9.17, 15) is 8.42 Å². The van der Waals surface area contributed by atoms with Gasteiger partial charge in [0, 0.05) is 56.3 Å². The zero-order valence-corrected chi connectivity index (χ0v) is 14.3. The van der Waals surface area contributed by atoms with Crippen LogP contribution in [0, 0.1) is 0 Å². The van der Waals surface area contributed by atoms with Crippen molar-refractivity contribution in [1.82, 2.24) is 5.32 Å². The van der Waals surface area contributed by atoms with Crippen molar-refractivity contribution in [3.05, 3.63) is 28.8 Å². The third-order valence-electron chi connectivity index (χ3n) is 3.09. The number of methoxy groups -OCH3 is 1. The number of rotatable bonds is 9. The van der Waals surface area contributed by atoms with E-state index in [2.05, 4.69) is 5.32 Å². The Bertz CT molecular complexity index is 549. The summed E-state index contributed by atoms with van der Waals surface area (Å²) >= 11 is 6.26. The minimum Gasteiger partial charge on any atom is -0.383 e. The number of nitrogens with zero attached hydrogens (tertiary/aromatic N) is 1. The minimum atomic E-state index is -2.98. The summed E-state index contributed by atoms with van der Waals surface area (Å²) in [5.74, 6) is 0.118. The summed E-state index contributed by atoms with van der Waals surface area (Å²) in [5.41, 5.74) is 1.90. The highest BCUT2D eigenvalue weighted by Gasteiger charge is 2.12. The van der Waals surface area contributed by atoms with Crippen LogP contribution in [-0.4, -0.2) is 54.3 Å². The Labute approximate surface area is 132 Å². The van der Waals surface area contributed by atoms with Crippen LogP contribution in [0.1, 0.15) is 5.56 Å². The lowest BCUT2D eigenvalue weighted by Gasteiger charge is -2.23. The van der Waals surface area contributed by atoms with Crippen molar-refractivity contribution in [3.8, 4) is 0 Å². The Hall–Kier alpha value is -0.820. The van der Waals surface area contributed by atoms with Crippen LogP contribution in [0.4, 0.5) is 5.69 Å². The number of hydrogen-bond donors (Lipinski definition) is 1. The predicted octanol–water partition coefficient (Wildman–Crippen LogP) is 1.56. The topological polar surface area (TPSA) is 58.6 Å². The smallest absolute Gasteiger partial charge is 0.149 e. The van der Waals surface area contributed by atoms with Crippen LogP contribution >= 0.6 is 11.6 Å². The molecule has 21 heavy (non-hydrogen) atoms. The Kier molecular flexibility index (Phi) is 7.45. The third-order valence-corrected chi connectivity index (χ3v) is 4.37. The van der Waals surface area contributed by atoms with E-state index in [1.54, 1.807) is 7.11 Å². The van der Waals surface area contributed by atoms with Gasteiger partial charge in [0.25, 0.3) is 0 Å². The van der Waals surface area contributed by atoms with Gasteiger partial charge in [-0.15, -0.1) is 0 Å². The number of nitrogens with one attached hydrogen (secondary N) is 1. The molecule has 0 saturated carbocycles. The fraction of sp³-hybridized carbons (Fsp3) is 0.571. The molecule has 120 valence electrons. The van der Waals surface area contributed by atoms with E-state index < -0.39 is 9.84 Å². The molecule has 0 radical (unpaired) electrons. The van der Waals surface area contributed by atoms with Gasteiger partial charge in [-0.25, -0.2) is 8.42 Å². The van der Waals surface area contributed by atoms with Gasteiger partial charge in [-0.1, -0.05) is 17.7 Å². The van der Waals surface area contributed by atoms with Crippen LogP contribution in [0.2, 0.25) is 5.02 Å². The quantitative estimate of drug-likeness (QED) is 0.694. The van der Waals surface area contributed by atoms with Gasteiger partial charge in [-0.3, -0.25) is 0 Å². The van der Waals surface area contributed by atoms with Crippen molar-refractivity contribution in [1.29, 1.82) is 0 Å². The summed E-state index contributed by atoms with van der Waals surface area (Å²) in [4.78, 5) is 1.92. The lowest BCUT2D eigenvalue weighted by atomic mass is 10.1. The van der Waals surface area contributed by atoms with Crippen molar-refractivity contribution < 1.29 is 13.2 Å². The second-order valence-corrected chi connectivity index (χ2v) is 7.63. The van der Waals surface area contributed by atoms with Crippen LogP contribution < -0.4 is 10.2 Å².